The lowest BCUT2D eigenvalue weighted by Gasteiger charge is -2.11. The molecule has 6 nitrogen and oxygen atoms in total. The molecule has 1 unspecified atom stereocenters. The molecule has 1 amide bonds. The van der Waals surface area contributed by atoms with Gasteiger partial charge in [-0.15, -0.1) is 0 Å². The summed E-state index contributed by atoms with van der Waals surface area (Å²) in [6.45, 7) is 1.23. The number of rotatable bonds is 4. The molecule has 1 heterocycles. The Balaban J connectivity index is 1.93. The minimum absolute atomic E-state index is 0.0813. The van der Waals surface area contributed by atoms with Crippen molar-refractivity contribution in [2.75, 3.05) is 19.0 Å². The number of aliphatic imine (C=N–C) groups is 1. The van der Waals surface area contributed by atoms with E-state index >= 15 is 0 Å². The van der Waals surface area contributed by atoms with Crippen LogP contribution in [0, 0.1) is 0 Å². The normalized spacial score (nSPS) is 18.9. The molecule has 1 atom stereocenters. The smallest absolute Gasteiger partial charge is 0.253 e. The first-order valence-electron chi connectivity index (χ1n) is 6.66. The van der Waals surface area contributed by atoms with E-state index in [4.69, 9.17) is 10.5 Å². The van der Waals surface area contributed by atoms with E-state index in [-0.39, 0.29) is 12.0 Å². The fourth-order valence-corrected chi connectivity index (χ4v) is 2.04. The highest BCUT2D eigenvalue weighted by molar-refractivity contribution is 5.94. The summed E-state index contributed by atoms with van der Waals surface area (Å²) in [5, 5.41) is 5.85. The predicted octanol–water partition coefficient (Wildman–Crippen LogP) is 0.838. The lowest BCUT2D eigenvalue weighted by molar-refractivity contribution is -0.124. The Hall–Kier alpha value is -2.08. The molecule has 0 bridgehead atoms. The van der Waals surface area contributed by atoms with Crippen LogP contribution in [-0.4, -0.2) is 31.6 Å². The third-order valence-corrected chi connectivity index (χ3v) is 3.13. The van der Waals surface area contributed by atoms with E-state index in [1.807, 2.05) is 24.3 Å². The molecule has 1 aliphatic rings. The summed E-state index contributed by atoms with van der Waals surface area (Å²) in [4.78, 5) is 15.8. The number of carbonyl (C=O) groups excluding carboxylic acids is 1. The second-order valence-corrected chi connectivity index (χ2v) is 4.65. The van der Waals surface area contributed by atoms with Crippen LogP contribution in [0.4, 0.5) is 5.69 Å². The van der Waals surface area contributed by atoms with Gasteiger partial charge in [-0.1, -0.05) is 12.1 Å². The van der Waals surface area contributed by atoms with Crippen LogP contribution >= 0.6 is 0 Å². The molecule has 20 heavy (non-hydrogen) atoms. The molecule has 0 radical (unpaired) electrons. The number of guanidine groups is 1. The molecule has 1 aliphatic heterocycles. The molecule has 1 aromatic carbocycles. The van der Waals surface area contributed by atoms with E-state index in [1.54, 1.807) is 7.05 Å². The third kappa shape index (κ3) is 3.96. The summed E-state index contributed by atoms with van der Waals surface area (Å²) in [6, 6.07) is 7.61. The first-order valence-corrected chi connectivity index (χ1v) is 6.66. The van der Waals surface area contributed by atoms with Crippen molar-refractivity contribution in [1.82, 2.24) is 5.32 Å². The van der Waals surface area contributed by atoms with Gasteiger partial charge in [0.2, 0.25) is 0 Å². The van der Waals surface area contributed by atoms with E-state index in [0.717, 1.165) is 24.1 Å². The molecular formula is C14H20N4O2. The van der Waals surface area contributed by atoms with E-state index in [2.05, 4.69) is 15.6 Å². The van der Waals surface area contributed by atoms with Gasteiger partial charge in [0.1, 0.15) is 6.10 Å². The van der Waals surface area contributed by atoms with Crippen LogP contribution in [0.3, 0.4) is 0 Å². The second kappa shape index (κ2) is 6.91. The maximum absolute atomic E-state index is 11.9. The molecule has 1 aromatic rings. The van der Waals surface area contributed by atoms with Gasteiger partial charge in [-0.2, -0.15) is 0 Å². The Labute approximate surface area is 118 Å². The number of nitrogens with two attached hydrogens (primary N) is 1. The summed E-state index contributed by atoms with van der Waals surface area (Å²) < 4.78 is 5.35. The third-order valence-electron chi connectivity index (χ3n) is 3.13. The van der Waals surface area contributed by atoms with Crippen molar-refractivity contribution in [2.24, 2.45) is 10.7 Å². The van der Waals surface area contributed by atoms with Gasteiger partial charge in [0.15, 0.2) is 5.96 Å². The van der Waals surface area contributed by atoms with Crippen LogP contribution in [0.15, 0.2) is 29.3 Å². The minimum atomic E-state index is -0.320. The van der Waals surface area contributed by atoms with Crippen molar-refractivity contribution in [2.45, 2.75) is 25.5 Å². The molecule has 0 spiro atoms. The SMILES string of the molecule is CN=C(N)NCc1cccc(NC(=O)C2CCCO2)c1. The van der Waals surface area contributed by atoms with Crippen LogP contribution in [-0.2, 0) is 16.1 Å². The minimum Gasteiger partial charge on any atom is -0.370 e. The van der Waals surface area contributed by atoms with Gasteiger partial charge < -0.3 is 21.1 Å². The van der Waals surface area contributed by atoms with Gasteiger partial charge in [0, 0.05) is 25.9 Å². The Morgan fingerprint density at radius 2 is 2.40 bits per heavy atom. The second-order valence-electron chi connectivity index (χ2n) is 4.65. The first kappa shape index (κ1) is 14.3. The molecular weight excluding hydrogens is 256 g/mol. The number of hydrogen-bond donors (Lipinski definition) is 3. The lowest BCUT2D eigenvalue weighted by Crippen LogP contribution is -2.30. The number of ether oxygens (including phenoxy) is 1. The average molecular weight is 276 g/mol. The predicted molar refractivity (Wildman–Crippen MR) is 78.4 cm³/mol. The van der Waals surface area contributed by atoms with Gasteiger partial charge in [0.05, 0.1) is 0 Å². The van der Waals surface area contributed by atoms with Crippen LogP contribution in [0.25, 0.3) is 0 Å². The molecule has 0 aromatic heterocycles. The first-order chi connectivity index (χ1) is 9.69. The number of amides is 1. The average Bonchev–Trinajstić information content (AvgIpc) is 2.99. The van der Waals surface area contributed by atoms with Crippen molar-refractivity contribution >= 4 is 17.6 Å². The molecule has 2 rings (SSSR count). The summed E-state index contributed by atoms with van der Waals surface area (Å²) in [5.74, 6) is 0.307. The Kier molecular flexibility index (Phi) is 4.95. The van der Waals surface area contributed by atoms with E-state index < -0.39 is 0 Å². The molecule has 0 aliphatic carbocycles. The van der Waals surface area contributed by atoms with Crippen LogP contribution in [0.2, 0.25) is 0 Å². The summed E-state index contributed by atoms with van der Waals surface area (Å²) in [7, 11) is 1.63. The van der Waals surface area contributed by atoms with Gasteiger partial charge in [-0.3, -0.25) is 9.79 Å². The van der Waals surface area contributed by atoms with Crippen LogP contribution in [0.5, 0.6) is 0 Å². The summed E-state index contributed by atoms with van der Waals surface area (Å²) >= 11 is 0. The molecule has 1 saturated heterocycles. The van der Waals surface area contributed by atoms with Gasteiger partial charge in [-0.05, 0) is 30.5 Å². The maximum atomic E-state index is 11.9. The number of anilines is 1. The van der Waals surface area contributed by atoms with Crippen molar-refractivity contribution in [1.29, 1.82) is 0 Å². The highest BCUT2D eigenvalue weighted by atomic mass is 16.5. The zero-order valence-electron chi connectivity index (χ0n) is 11.6. The Morgan fingerprint density at radius 3 is 3.10 bits per heavy atom. The molecule has 4 N–H and O–H groups in total. The monoisotopic (exact) mass is 276 g/mol. The number of hydrogen-bond acceptors (Lipinski definition) is 3. The van der Waals surface area contributed by atoms with Gasteiger partial charge >= 0.3 is 0 Å². The molecule has 6 heteroatoms. The van der Waals surface area contributed by atoms with Crippen LogP contribution < -0.4 is 16.4 Å². The number of carbonyl (C=O) groups is 1. The molecule has 0 saturated carbocycles. The highest BCUT2D eigenvalue weighted by Gasteiger charge is 2.23. The number of nitrogens with one attached hydrogen (secondary N) is 2. The zero-order chi connectivity index (χ0) is 14.4. The van der Waals surface area contributed by atoms with E-state index in [0.29, 0.717) is 19.1 Å². The largest absolute Gasteiger partial charge is 0.370 e. The fraction of sp³-hybridized carbons (Fsp3) is 0.429. The number of nitrogens with zero attached hydrogens (tertiary/aromatic N) is 1. The van der Waals surface area contributed by atoms with Gasteiger partial charge in [-0.25, -0.2) is 0 Å². The van der Waals surface area contributed by atoms with E-state index in [9.17, 15) is 4.79 Å². The van der Waals surface area contributed by atoms with Crippen molar-refractivity contribution < 1.29 is 9.53 Å². The number of benzene rings is 1. The Bertz CT molecular complexity index is 496. The van der Waals surface area contributed by atoms with Crippen molar-refractivity contribution in [3.63, 3.8) is 0 Å². The maximum Gasteiger partial charge on any atom is 0.253 e. The topological polar surface area (TPSA) is 88.7 Å². The lowest BCUT2D eigenvalue weighted by atomic mass is 10.2. The van der Waals surface area contributed by atoms with Crippen molar-refractivity contribution in [3.8, 4) is 0 Å². The Morgan fingerprint density at radius 1 is 1.55 bits per heavy atom. The molecule has 108 valence electrons. The van der Waals surface area contributed by atoms with E-state index in [1.165, 1.54) is 0 Å². The van der Waals surface area contributed by atoms with Crippen LogP contribution in [0.1, 0.15) is 18.4 Å². The summed E-state index contributed by atoms with van der Waals surface area (Å²) in [6.07, 6.45) is 1.41. The quantitative estimate of drug-likeness (QED) is 0.561. The van der Waals surface area contributed by atoms with Gasteiger partial charge in [0.25, 0.3) is 5.91 Å². The van der Waals surface area contributed by atoms with Crippen molar-refractivity contribution in [3.05, 3.63) is 29.8 Å². The highest BCUT2D eigenvalue weighted by Crippen LogP contribution is 2.16. The summed E-state index contributed by atoms with van der Waals surface area (Å²) in [5.41, 5.74) is 7.35. The fourth-order valence-electron chi connectivity index (χ4n) is 2.04. The molecule has 1 fully saturated rings. The zero-order valence-corrected chi connectivity index (χ0v) is 11.6. The standard InChI is InChI=1S/C14H20N4O2/c1-16-14(15)17-9-10-4-2-5-11(8-10)18-13(19)12-6-3-7-20-12/h2,4-5,8,12H,3,6-7,9H2,1H3,(H,18,19)(H3,15,16,17).